The van der Waals surface area contributed by atoms with Crippen LogP contribution in [0.5, 0.6) is 0 Å². The molecule has 124 valence electrons. The van der Waals surface area contributed by atoms with Crippen molar-refractivity contribution in [2.45, 2.75) is 4.90 Å². The van der Waals surface area contributed by atoms with E-state index in [2.05, 4.69) is 0 Å². The fourth-order valence-electron chi connectivity index (χ4n) is 1.89. The molecule has 0 spiro atoms. The zero-order valence-corrected chi connectivity index (χ0v) is 13.7. The van der Waals surface area contributed by atoms with Gasteiger partial charge in [-0.3, -0.25) is 10.1 Å². The lowest BCUT2D eigenvalue weighted by Gasteiger charge is -2.00. The maximum atomic E-state index is 13.1. The van der Waals surface area contributed by atoms with Crippen molar-refractivity contribution in [3.8, 4) is 0 Å². The van der Waals surface area contributed by atoms with Crippen molar-refractivity contribution in [1.82, 2.24) is 0 Å². The fourth-order valence-corrected chi connectivity index (χ4v) is 2.86. The van der Waals surface area contributed by atoms with Gasteiger partial charge >= 0.3 is 10.2 Å². The Kier molecular flexibility index (Phi) is 5.48. The standard InChI is InChI=1S/C16H11ClFNO4S/c17-15-9-8-13(11-16(15)24(18,22)23)5-2-1-4-12-6-3-7-14(10-12)19(20)21/h1-11H/b4-1-,5-2+. The van der Waals surface area contributed by atoms with Gasteiger partial charge in [0.25, 0.3) is 5.69 Å². The number of nitro benzene ring substituents is 1. The Morgan fingerprint density at radius 3 is 2.25 bits per heavy atom. The first kappa shape index (κ1) is 17.8. The third-order valence-corrected chi connectivity index (χ3v) is 4.29. The topological polar surface area (TPSA) is 77.3 Å². The molecule has 0 aliphatic heterocycles. The SMILES string of the molecule is O=[N+]([O-])c1cccc(/C=C\C=C\c2ccc(Cl)c(S(=O)(=O)F)c2)c1. The number of benzene rings is 2. The van der Waals surface area contributed by atoms with Crippen LogP contribution in [0.2, 0.25) is 5.02 Å². The van der Waals surface area contributed by atoms with Gasteiger partial charge in [0.2, 0.25) is 0 Å². The molecule has 0 aliphatic rings. The summed E-state index contributed by atoms with van der Waals surface area (Å²) in [6.45, 7) is 0. The molecular formula is C16H11ClFNO4S. The summed E-state index contributed by atoms with van der Waals surface area (Å²) >= 11 is 5.65. The third-order valence-electron chi connectivity index (χ3n) is 2.99. The molecule has 0 aliphatic carbocycles. The van der Waals surface area contributed by atoms with Gasteiger partial charge in [0, 0.05) is 12.1 Å². The van der Waals surface area contributed by atoms with E-state index < -0.39 is 20.0 Å². The minimum Gasteiger partial charge on any atom is -0.258 e. The van der Waals surface area contributed by atoms with Crippen LogP contribution in [0.1, 0.15) is 11.1 Å². The van der Waals surface area contributed by atoms with Crippen molar-refractivity contribution in [2.24, 2.45) is 0 Å². The molecule has 0 fully saturated rings. The van der Waals surface area contributed by atoms with E-state index in [1.165, 1.54) is 24.3 Å². The number of hydrogen-bond acceptors (Lipinski definition) is 4. The predicted octanol–water partition coefficient (Wildman–Crippen LogP) is 4.63. The van der Waals surface area contributed by atoms with Gasteiger partial charge in [-0.15, -0.1) is 3.89 Å². The second kappa shape index (κ2) is 7.37. The molecule has 24 heavy (non-hydrogen) atoms. The summed E-state index contributed by atoms with van der Waals surface area (Å²) in [6.07, 6.45) is 6.42. The van der Waals surface area contributed by atoms with Gasteiger partial charge in [-0.25, -0.2) is 0 Å². The summed E-state index contributed by atoms with van der Waals surface area (Å²) in [5.74, 6) is 0. The zero-order valence-electron chi connectivity index (χ0n) is 12.1. The summed E-state index contributed by atoms with van der Waals surface area (Å²) in [5, 5.41) is 10.5. The lowest BCUT2D eigenvalue weighted by molar-refractivity contribution is -0.384. The Bertz CT molecular complexity index is 939. The van der Waals surface area contributed by atoms with E-state index in [0.717, 1.165) is 6.07 Å². The molecule has 0 saturated heterocycles. The summed E-state index contributed by atoms with van der Waals surface area (Å²) in [5.41, 5.74) is 1.06. The number of halogens is 2. The highest BCUT2D eigenvalue weighted by Gasteiger charge is 2.16. The van der Waals surface area contributed by atoms with Gasteiger partial charge in [-0.2, -0.15) is 8.42 Å². The fraction of sp³-hybridized carbons (Fsp3) is 0. The molecule has 0 N–H and O–H groups in total. The molecule has 0 bridgehead atoms. The van der Waals surface area contributed by atoms with Gasteiger partial charge in [0.05, 0.1) is 9.95 Å². The molecule has 0 radical (unpaired) electrons. The number of non-ortho nitro benzene ring substituents is 1. The first-order valence-corrected chi connectivity index (χ1v) is 8.37. The van der Waals surface area contributed by atoms with E-state index in [-0.39, 0.29) is 10.7 Å². The number of hydrogen-bond donors (Lipinski definition) is 0. The predicted molar refractivity (Wildman–Crippen MR) is 90.9 cm³/mol. The minimum absolute atomic E-state index is 0.0170. The molecule has 0 atom stereocenters. The average Bonchev–Trinajstić information content (AvgIpc) is 2.52. The molecule has 2 aromatic rings. The lowest BCUT2D eigenvalue weighted by Crippen LogP contribution is -1.93. The second-order valence-corrected chi connectivity index (χ2v) is 6.42. The highest BCUT2D eigenvalue weighted by atomic mass is 35.5. The molecule has 0 saturated carbocycles. The highest BCUT2D eigenvalue weighted by Crippen LogP contribution is 2.24. The maximum Gasteiger partial charge on any atom is 0.333 e. The van der Waals surface area contributed by atoms with E-state index in [1.54, 1.807) is 36.4 Å². The smallest absolute Gasteiger partial charge is 0.258 e. The van der Waals surface area contributed by atoms with Crippen LogP contribution < -0.4 is 0 Å². The Morgan fingerprint density at radius 2 is 1.67 bits per heavy atom. The van der Waals surface area contributed by atoms with Gasteiger partial charge in [-0.1, -0.05) is 54.1 Å². The van der Waals surface area contributed by atoms with Crippen LogP contribution in [0, 0.1) is 10.1 Å². The van der Waals surface area contributed by atoms with E-state index in [0.29, 0.717) is 11.1 Å². The second-order valence-electron chi connectivity index (χ2n) is 4.70. The Labute approximate surface area is 143 Å². The van der Waals surface area contributed by atoms with Crippen LogP contribution in [0.25, 0.3) is 12.2 Å². The molecule has 0 amide bonds. The van der Waals surface area contributed by atoms with Crippen LogP contribution >= 0.6 is 11.6 Å². The molecule has 2 rings (SSSR count). The molecule has 0 heterocycles. The largest absolute Gasteiger partial charge is 0.333 e. The Morgan fingerprint density at radius 1 is 1.04 bits per heavy atom. The van der Waals surface area contributed by atoms with Crippen LogP contribution in [0.3, 0.4) is 0 Å². The third kappa shape index (κ3) is 4.74. The Hall–Kier alpha value is -2.51. The monoisotopic (exact) mass is 367 g/mol. The molecule has 5 nitrogen and oxygen atoms in total. The van der Waals surface area contributed by atoms with E-state index in [1.807, 2.05) is 0 Å². The summed E-state index contributed by atoms with van der Waals surface area (Å²) in [6, 6.07) is 10.0. The number of nitrogens with zero attached hydrogens (tertiary/aromatic N) is 1. The van der Waals surface area contributed by atoms with Crippen molar-refractivity contribution in [1.29, 1.82) is 0 Å². The van der Waals surface area contributed by atoms with E-state index in [4.69, 9.17) is 11.6 Å². The normalized spacial score (nSPS) is 12.1. The number of nitro groups is 1. The van der Waals surface area contributed by atoms with Gasteiger partial charge in [0.15, 0.2) is 0 Å². The van der Waals surface area contributed by atoms with Crippen LogP contribution in [0.4, 0.5) is 9.57 Å². The van der Waals surface area contributed by atoms with Gasteiger partial charge < -0.3 is 0 Å². The number of rotatable bonds is 5. The zero-order chi connectivity index (χ0) is 17.7. The van der Waals surface area contributed by atoms with Crippen LogP contribution in [0.15, 0.2) is 59.5 Å². The van der Waals surface area contributed by atoms with Crippen molar-refractivity contribution in [3.63, 3.8) is 0 Å². The molecule has 0 aromatic heterocycles. The van der Waals surface area contributed by atoms with Gasteiger partial charge in [-0.05, 0) is 23.3 Å². The highest BCUT2D eigenvalue weighted by molar-refractivity contribution is 7.86. The van der Waals surface area contributed by atoms with E-state index >= 15 is 0 Å². The van der Waals surface area contributed by atoms with Gasteiger partial charge in [0.1, 0.15) is 4.90 Å². The molecule has 2 aromatic carbocycles. The van der Waals surface area contributed by atoms with Crippen molar-refractivity contribution >= 4 is 39.7 Å². The average molecular weight is 368 g/mol. The molecule has 8 heteroatoms. The first-order valence-electron chi connectivity index (χ1n) is 6.61. The molecular weight excluding hydrogens is 357 g/mol. The number of allylic oxidation sites excluding steroid dienone is 2. The lowest BCUT2D eigenvalue weighted by atomic mass is 10.1. The quantitative estimate of drug-likeness (QED) is 0.334. The maximum absolute atomic E-state index is 13.1. The van der Waals surface area contributed by atoms with Crippen molar-refractivity contribution in [2.75, 3.05) is 0 Å². The molecule has 0 unspecified atom stereocenters. The minimum atomic E-state index is -4.89. The summed E-state index contributed by atoms with van der Waals surface area (Å²) < 4.78 is 35.0. The summed E-state index contributed by atoms with van der Waals surface area (Å²) in [7, 11) is -4.89. The Balaban J connectivity index is 2.17. The van der Waals surface area contributed by atoms with Crippen molar-refractivity contribution in [3.05, 3.63) is 80.9 Å². The van der Waals surface area contributed by atoms with Crippen LogP contribution in [-0.4, -0.2) is 13.3 Å². The van der Waals surface area contributed by atoms with Crippen molar-refractivity contribution < 1.29 is 17.2 Å². The van der Waals surface area contributed by atoms with Crippen LogP contribution in [-0.2, 0) is 10.2 Å². The summed E-state index contributed by atoms with van der Waals surface area (Å²) in [4.78, 5) is 9.61. The first-order chi connectivity index (χ1) is 11.3. The van der Waals surface area contributed by atoms with E-state index in [9.17, 15) is 22.4 Å².